The molecule has 0 spiro atoms. The molecule has 9 nitrogen and oxygen atoms in total. The van der Waals surface area contributed by atoms with Crippen LogP contribution in [-0.4, -0.2) is 56.0 Å². The van der Waals surface area contributed by atoms with Crippen molar-refractivity contribution < 1.29 is 23.9 Å². The molecule has 0 saturated carbocycles. The first-order chi connectivity index (χ1) is 12.2. The number of halogens is 1. The fraction of sp³-hybridized carbons (Fsp3) is 0.375. The number of urea groups is 1. The van der Waals surface area contributed by atoms with Gasteiger partial charge in [-0.1, -0.05) is 23.7 Å². The van der Waals surface area contributed by atoms with Crippen molar-refractivity contribution in [3.05, 3.63) is 34.9 Å². The molecule has 1 rings (SSSR count). The molecule has 0 aromatic heterocycles. The summed E-state index contributed by atoms with van der Waals surface area (Å²) in [7, 11) is 2.86. The molecule has 142 valence electrons. The number of esters is 1. The van der Waals surface area contributed by atoms with Gasteiger partial charge >= 0.3 is 12.0 Å². The molecule has 1 atom stereocenters. The molecular weight excluding hydrogens is 364 g/mol. The number of nitrogens with two attached hydrogens (primary N) is 1. The van der Waals surface area contributed by atoms with Gasteiger partial charge in [0.1, 0.15) is 0 Å². The highest BCUT2D eigenvalue weighted by Gasteiger charge is 2.20. The van der Waals surface area contributed by atoms with Gasteiger partial charge in [0.25, 0.3) is 5.91 Å². The molecule has 0 unspecified atom stereocenters. The lowest BCUT2D eigenvalue weighted by Gasteiger charge is -2.19. The number of likely N-dealkylation sites (N-methyl/N-ethyl adjacent to an activating group) is 2. The predicted molar refractivity (Wildman–Crippen MR) is 94.2 cm³/mol. The molecule has 0 aliphatic heterocycles. The van der Waals surface area contributed by atoms with Gasteiger partial charge in [-0.3, -0.25) is 14.4 Å². The van der Waals surface area contributed by atoms with E-state index in [1.165, 1.54) is 14.1 Å². The summed E-state index contributed by atoms with van der Waals surface area (Å²) in [5.74, 6) is -1.59. The summed E-state index contributed by atoms with van der Waals surface area (Å²) < 4.78 is 4.92. The average Bonchev–Trinajstić information content (AvgIpc) is 2.59. The van der Waals surface area contributed by atoms with Crippen LogP contribution >= 0.6 is 11.6 Å². The summed E-state index contributed by atoms with van der Waals surface area (Å²) in [6.07, 6.45) is -0.225. The van der Waals surface area contributed by atoms with Gasteiger partial charge in [-0.2, -0.15) is 0 Å². The van der Waals surface area contributed by atoms with E-state index >= 15 is 0 Å². The minimum absolute atomic E-state index is 0.149. The largest absolute Gasteiger partial charge is 0.455 e. The first kappa shape index (κ1) is 21.2. The highest BCUT2D eigenvalue weighted by atomic mass is 35.5. The highest BCUT2D eigenvalue weighted by Crippen LogP contribution is 2.20. The molecule has 0 radical (unpaired) electrons. The SMILES string of the molecule is CNC(=O)CN(C)C(=O)COC(=O)C[C@@H](NC(N)=O)c1ccc(Cl)cc1. The van der Waals surface area contributed by atoms with Crippen LogP contribution in [0.15, 0.2) is 24.3 Å². The van der Waals surface area contributed by atoms with E-state index in [0.29, 0.717) is 10.6 Å². The van der Waals surface area contributed by atoms with Crippen LogP contribution < -0.4 is 16.4 Å². The summed E-state index contributed by atoms with van der Waals surface area (Å²) in [5.41, 5.74) is 5.74. The van der Waals surface area contributed by atoms with Gasteiger partial charge in [0.15, 0.2) is 6.61 Å². The Labute approximate surface area is 155 Å². The van der Waals surface area contributed by atoms with E-state index in [0.717, 1.165) is 4.90 Å². The molecule has 0 fully saturated rings. The van der Waals surface area contributed by atoms with Crippen LogP contribution in [-0.2, 0) is 19.1 Å². The van der Waals surface area contributed by atoms with Gasteiger partial charge in [0.05, 0.1) is 19.0 Å². The zero-order valence-electron chi connectivity index (χ0n) is 14.5. The molecule has 0 aliphatic carbocycles. The maximum Gasteiger partial charge on any atom is 0.312 e. The normalized spacial score (nSPS) is 11.2. The Hall–Kier alpha value is -2.81. The van der Waals surface area contributed by atoms with Crippen LogP contribution in [0.5, 0.6) is 0 Å². The zero-order chi connectivity index (χ0) is 19.7. The monoisotopic (exact) mass is 384 g/mol. The molecule has 0 bridgehead atoms. The number of rotatable bonds is 8. The third-order valence-corrected chi connectivity index (χ3v) is 3.65. The third-order valence-electron chi connectivity index (χ3n) is 3.40. The van der Waals surface area contributed by atoms with E-state index in [2.05, 4.69) is 10.6 Å². The van der Waals surface area contributed by atoms with Crippen molar-refractivity contribution in [2.45, 2.75) is 12.5 Å². The molecular formula is C16H21ClN4O5. The van der Waals surface area contributed by atoms with Crippen LogP contribution in [0.4, 0.5) is 4.79 Å². The molecule has 4 amide bonds. The van der Waals surface area contributed by atoms with E-state index in [4.69, 9.17) is 22.1 Å². The Morgan fingerprint density at radius 3 is 2.38 bits per heavy atom. The van der Waals surface area contributed by atoms with Crippen molar-refractivity contribution in [3.63, 3.8) is 0 Å². The van der Waals surface area contributed by atoms with Crippen molar-refractivity contribution >= 4 is 35.4 Å². The van der Waals surface area contributed by atoms with Crippen LogP contribution in [0.2, 0.25) is 5.02 Å². The van der Waals surface area contributed by atoms with Gasteiger partial charge in [-0.15, -0.1) is 0 Å². The fourth-order valence-electron chi connectivity index (χ4n) is 1.98. The maximum atomic E-state index is 12.0. The van der Waals surface area contributed by atoms with Gasteiger partial charge in [-0.05, 0) is 17.7 Å². The first-order valence-electron chi connectivity index (χ1n) is 7.64. The predicted octanol–water partition coefficient (Wildman–Crippen LogP) is 0.187. The van der Waals surface area contributed by atoms with E-state index in [9.17, 15) is 19.2 Å². The molecule has 0 aliphatic rings. The summed E-state index contributed by atoms with van der Waals surface area (Å²) in [6, 6.07) is 4.96. The lowest BCUT2D eigenvalue weighted by atomic mass is 10.0. The zero-order valence-corrected chi connectivity index (χ0v) is 15.2. The highest BCUT2D eigenvalue weighted by molar-refractivity contribution is 6.30. The van der Waals surface area contributed by atoms with E-state index in [-0.39, 0.29) is 18.9 Å². The number of ether oxygens (including phenoxy) is 1. The third kappa shape index (κ3) is 7.39. The number of benzene rings is 1. The summed E-state index contributed by atoms with van der Waals surface area (Å²) in [4.78, 5) is 47.3. The van der Waals surface area contributed by atoms with E-state index in [1.807, 2.05) is 0 Å². The molecule has 1 aromatic carbocycles. The smallest absolute Gasteiger partial charge is 0.312 e. The Morgan fingerprint density at radius 1 is 1.23 bits per heavy atom. The minimum Gasteiger partial charge on any atom is -0.455 e. The average molecular weight is 385 g/mol. The van der Waals surface area contributed by atoms with E-state index < -0.39 is 30.6 Å². The van der Waals surface area contributed by atoms with Crippen LogP contribution in [0.1, 0.15) is 18.0 Å². The molecule has 1 aromatic rings. The van der Waals surface area contributed by atoms with E-state index in [1.54, 1.807) is 24.3 Å². The van der Waals surface area contributed by atoms with Crippen molar-refractivity contribution in [1.29, 1.82) is 0 Å². The summed E-state index contributed by atoms with van der Waals surface area (Å²) in [6.45, 7) is -0.667. The van der Waals surface area contributed by atoms with Crippen molar-refractivity contribution in [2.75, 3.05) is 27.2 Å². The number of amides is 4. The summed E-state index contributed by atoms with van der Waals surface area (Å²) in [5, 5.41) is 5.32. The number of carbonyl (C=O) groups is 4. The lowest BCUT2D eigenvalue weighted by Crippen LogP contribution is -2.39. The number of hydrogen-bond donors (Lipinski definition) is 3. The number of hydrogen-bond acceptors (Lipinski definition) is 5. The van der Waals surface area contributed by atoms with Crippen molar-refractivity contribution in [1.82, 2.24) is 15.5 Å². The lowest BCUT2D eigenvalue weighted by molar-refractivity contribution is -0.152. The van der Waals surface area contributed by atoms with Gasteiger partial charge in [-0.25, -0.2) is 4.79 Å². The molecule has 0 heterocycles. The number of nitrogens with zero attached hydrogens (tertiary/aromatic N) is 1. The Bertz CT molecular complexity index is 665. The number of carbonyl (C=O) groups excluding carboxylic acids is 4. The second kappa shape index (κ2) is 10.2. The van der Waals surface area contributed by atoms with Gasteiger partial charge < -0.3 is 26.0 Å². The van der Waals surface area contributed by atoms with Crippen molar-refractivity contribution in [2.24, 2.45) is 5.73 Å². The van der Waals surface area contributed by atoms with Crippen molar-refractivity contribution in [3.8, 4) is 0 Å². The molecule has 10 heteroatoms. The minimum atomic E-state index is -0.806. The quantitative estimate of drug-likeness (QED) is 0.550. The number of nitrogens with one attached hydrogen (secondary N) is 2. The van der Waals surface area contributed by atoms with Crippen LogP contribution in [0, 0.1) is 0 Å². The maximum absolute atomic E-state index is 12.0. The van der Waals surface area contributed by atoms with Gasteiger partial charge in [0, 0.05) is 19.1 Å². The van der Waals surface area contributed by atoms with Gasteiger partial charge in [0.2, 0.25) is 5.91 Å². The Morgan fingerprint density at radius 2 is 1.85 bits per heavy atom. The standard InChI is InChI=1S/C16H21ClN4O5/c1-19-13(22)8-21(2)14(23)9-26-15(24)7-12(20-16(18)25)10-3-5-11(17)6-4-10/h3-6,12H,7-9H2,1-2H3,(H,19,22)(H3,18,20,25)/t12-/m1/s1. The molecule has 4 N–H and O–H groups in total. The summed E-state index contributed by atoms with van der Waals surface area (Å²) >= 11 is 5.81. The van der Waals surface area contributed by atoms with Crippen LogP contribution in [0.3, 0.4) is 0 Å². The Kier molecular flexibility index (Phi) is 8.36. The topological polar surface area (TPSA) is 131 Å². The second-order valence-corrected chi connectivity index (χ2v) is 5.84. The van der Waals surface area contributed by atoms with Crippen LogP contribution in [0.25, 0.3) is 0 Å². The fourth-order valence-corrected chi connectivity index (χ4v) is 2.11. The molecule has 26 heavy (non-hydrogen) atoms. The first-order valence-corrected chi connectivity index (χ1v) is 8.02. The number of primary amides is 1. The Balaban J connectivity index is 2.61. The second-order valence-electron chi connectivity index (χ2n) is 5.40. The molecule has 0 saturated heterocycles.